The summed E-state index contributed by atoms with van der Waals surface area (Å²) in [5.74, 6) is 0.0686. The molecular formula is C15H13FO. The van der Waals surface area contributed by atoms with Gasteiger partial charge in [0.15, 0.2) is 0 Å². The van der Waals surface area contributed by atoms with E-state index in [9.17, 15) is 9.50 Å². The number of hydrogen-bond acceptors (Lipinski definition) is 1. The third-order valence-electron chi connectivity index (χ3n) is 2.51. The second-order valence-corrected chi connectivity index (χ2v) is 3.79. The van der Waals surface area contributed by atoms with Crippen molar-refractivity contribution in [2.24, 2.45) is 0 Å². The Morgan fingerprint density at radius 1 is 1.00 bits per heavy atom. The van der Waals surface area contributed by atoms with Crippen molar-refractivity contribution in [3.63, 3.8) is 0 Å². The van der Waals surface area contributed by atoms with Crippen LogP contribution in [0, 0.1) is 5.82 Å². The summed E-state index contributed by atoms with van der Waals surface area (Å²) >= 11 is 0. The molecule has 0 aromatic heterocycles. The lowest BCUT2D eigenvalue weighted by atomic mass is 10.1. The summed E-state index contributed by atoms with van der Waals surface area (Å²) in [5.41, 5.74) is 1.83. The van der Waals surface area contributed by atoms with E-state index in [4.69, 9.17) is 0 Å². The minimum Gasteiger partial charge on any atom is -0.508 e. The van der Waals surface area contributed by atoms with Crippen molar-refractivity contribution in [2.45, 2.75) is 6.42 Å². The van der Waals surface area contributed by atoms with Gasteiger partial charge in [-0.15, -0.1) is 0 Å². The molecule has 2 aromatic rings. The summed E-state index contributed by atoms with van der Waals surface area (Å²) in [6, 6.07) is 13.5. The number of phenols is 1. The Kier molecular flexibility index (Phi) is 3.55. The molecule has 2 aromatic carbocycles. The highest BCUT2D eigenvalue weighted by molar-refractivity contribution is 5.50. The second kappa shape index (κ2) is 5.30. The lowest BCUT2D eigenvalue weighted by Gasteiger charge is -1.99. The molecular weight excluding hydrogens is 215 g/mol. The predicted octanol–water partition coefficient (Wildman–Crippen LogP) is 3.79. The lowest BCUT2D eigenvalue weighted by molar-refractivity contribution is 0.470. The van der Waals surface area contributed by atoms with E-state index >= 15 is 0 Å². The molecule has 0 saturated heterocycles. The molecule has 0 fully saturated rings. The van der Waals surface area contributed by atoms with Gasteiger partial charge >= 0.3 is 0 Å². The van der Waals surface area contributed by atoms with Gasteiger partial charge in [0.05, 0.1) is 0 Å². The van der Waals surface area contributed by atoms with Gasteiger partial charge in [0, 0.05) is 0 Å². The first kappa shape index (κ1) is 11.4. The van der Waals surface area contributed by atoms with E-state index in [-0.39, 0.29) is 5.82 Å². The Morgan fingerprint density at radius 2 is 1.71 bits per heavy atom. The fourth-order valence-electron chi connectivity index (χ4n) is 1.58. The van der Waals surface area contributed by atoms with Crippen molar-refractivity contribution in [3.05, 3.63) is 71.6 Å². The molecule has 86 valence electrons. The third kappa shape index (κ3) is 3.18. The van der Waals surface area contributed by atoms with Gasteiger partial charge < -0.3 is 5.11 Å². The molecule has 0 amide bonds. The molecule has 1 nitrogen and oxygen atoms in total. The van der Waals surface area contributed by atoms with E-state index in [1.54, 1.807) is 24.3 Å². The van der Waals surface area contributed by atoms with E-state index < -0.39 is 0 Å². The maximum atomic E-state index is 12.7. The van der Waals surface area contributed by atoms with Gasteiger partial charge in [-0.1, -0.05) is 42.5 Å². The van der Waals surface area contributed by atoms with Gasteiger partial charge in [-0.05, 0) is 35.7 Å². The Balaban J connectivity index is 2.03. The zero-order chi connectivity index (χ0) is 12.1. The quantitative estimate of drug-likeness (QED) is 0.847. The van der Waals surface area contributed by atoms with Crippen LogP contribution in [0.4, 0.5) is 4.39 Å². The number of phenolic OH excluding ortho intramolecular Hbond substituents is 1. The maximum Gasteiger partial charge on any atom is 0.123 e. The van der Waals surface area contributed by atoms with E-state index in [1.807, 2.05) is 24.3 Å². The molecule has 0 heterocycles. The zero-order valence-corrected chi connectivity index (χ0v) is 9.31. The van der Waals surface area contributed by atoms with Crippen molar-refractivity contribution in [1.29, 1.82) is 0 Å². The molecule has 0 aliphatic rings. The Morgan fingerprint density at radius 3 is 2.41 bits per heavy atom. The molecule has 0 aliphatic heterocycles. The highest BCUT2D eigenvalue weighted by Gasteiger charge is 1.95. The summed E-state index contributed by atoms with van der Waals surface area (Å²) in [6.45, 7) is 0. The molecule has 0 aliphatic carbocycles. The fraction of sp³-hybridized carbons (Fsp3) is 0.0667. The smallest absolute Gasteiger partial charge is 0.123 e. The molecule has 2 rings (SSSR count). The predicted molar refractivity (Wildman–Crippen MR) is 67.2 cm³/mol. The van der Waals surface area contributed by atoms with Crippen molar-refractivity contribution in [3.8, 4) is 5.75 Å². The number of benzene rings is 2. The monoisotopic (exact) mass is 228 g/mol. The van der Waals surface area contributed by atoms with Crippen molar-refractivity contribution in [1.82, 2.24) is 0 Å². The standard InChI is InChI=1S/C15H13FO/c16-14-10-8-12(9-11-14)4-3-6-13-5-1-2-7-15(13)17/h1-5,7-11,17H,6H2/b4-3+. The van der Waals surface area contributed by atoms with Crippen LogP contribution in [-0.4, -0.2) is 5.11 Å². The van der Waals surface area contributed by atoms with Crippen LogP contribution in [0.15, 0.2) is 54.6 Å². The first-order valence-electron chi connectivity index (χ1n) is 5.45. The number of hydrogen-bond donors (Lipinski definition) is 1. The van der Waals surface area contributed by atoms with Crippen molar-refractivity contribution in [2.75, 3.05) is 0 Å². The largest absolute Gasteiger partial charge is 0.508 e. The first-order valence-corrected chi connectivity index (χ1v) is 5.45. The van der Waals surface area contributed by atoms with Gasteiger partial charge in [-0.3, -0.25) is 0 Å². The molecule has 1 N–H and O–H groups in total. The molecule has 17 heavy (non-hydrogen) atoms. The van der Waals surface area contributed by atoms with Crippen LogP contribution in [0.3, 0.4) is 0 Å². The molecule has 0 saturated carbocycles. The fourth-order valence-corrected chi connectivity index (χ4v) is 1.58. The normalized spacial score (nSPS) is 10.9. The summed E-state index contributed by atoms with van der Waals surface area (Å²) < 4.78 is 12.7. The topological polar surface area (TPSA) is 20.2 Å². The number of halogens is 1. The number of para-hydroxylation sites is 1. The third-order valence-corrected chi connectivity index (χ3v) is 2.51. The summed E-state index contributed by atoms with van der Waals surface area (Å²) in [7, 11) is 0. The van der Waals surface area contributed by atoms with Crippen molar-refractivity contribution >= 4 is 6.08 Å². The summed E-state index contributed by atoms with van der Waals surface area (Å²) in [4.78, 5) is 0. The molecule has 0 unspecified atom stereocenters. The van der Waals surface area contributed by atoms with Gasteiger partial charge in [-0.2, -0.15) is 0 Å². The SMILES string of the molecule is Oc1ccccc1C/C=C/c1ccc(F)cc1. The van der Waals surface area contributed by atoms with Crippen molar-refractivity contribution < 1.29 is 9.50 Å². The number of rotatable bonds is 3. The van der Waals surface area contributed by atoms with Crippen LogP contribution < -0.4 is 0 Å². The van der Waals surface area contributed by atoms with Gasteiger partial charge in [0.2, 0.25) is 0 Å². The van der Waals surface area contributed by atoms with E-state index in [0.717, 1.165) is 11.1 Å². The average Bonchev–Trinajstić information content (AvgIpc) is 2.34. The van der Waals surface area contributed by atoms with Gasteiger partial charge in [0.1, 0.15) is 11.6 Å². The minimum absolute atomic E-state index is 0.233. The van der Waals surface area contributed by atoms with Crippen LogP contribution in [0.5, 0.6) is 5.75 Å². The van der Waals surface area contributed by atoms with Gasteiger partial charge in [-0.25, -0.2) is 4.39 Å². The number of allylic oxidation sites excluding steroid dienone is 1. The highest BCUT2D eigenvalue weighted by atomic mass is 19.1. The summed E-state index contributed by atoms with van der Waals surface area (Å²) in [5, 5.41) is 9.56. The van der Waals surface area contributed by atoms with Gasteiger partial charge in [0.25, 0.3) is 0 Å². The average molecular weight is 228 g/mol. The van der Waals surface area contributed by atoms with E-state index in [2.05, 4.69) is 0 Å². The maximum absolute atomic E-state index is 12.7. The van der Waals surface area contributed by atoms with E-state index in [0.29, 0.717) is 12.2 Å². The molecule has 2 heteroatoms. The Hall–Kier alpha value is -2.09. The van der Waals surface area contributed by atoms with E-state index in [1.165, 1.54) is 12.1 Å². The summed E-state index contributed by atoms with van der Waals surface area (Å²) in [6.07, 6.45) is 4.51. The molecule has 0 atom stereocenters. The molecule has 0 radical (unpaired) electrons. The molecule has 0 spiro atoms. The van der Waals surface area contributed by atoms with Crippen LogP contribution in [0.1, 0.15) is 11.1 Å². The van der Waals surface area contributed by atoms with Crippen LogP contribution >= 0.6 is 0 Å². The first-order chi connectivity index (χ1) is 8.25. The Labute approximate surface area is 99.9 Å². The lowest BCUT2D eigenvalue weighted by Crippen LogP contribution is -1.81. The van der Waals surface area contributed by atoms with Crippen LogP contribution in [0.25, 0.3) is 6.08 Å². The van der Waals surface area contributed by atoms with Crippen LogP contribution in [-0.2, 0) is 6.42 Å². The second-order valence-electron chi connectivity index (χ2n) is 3.79. The molecule has 0 bridgehead atoms. The number of aromatic hydroxyl groups is 1. The minimum atomic E-state index is -0.233. The zero-order valence-electron chi connectivity index (χ0n) is 9.31. The Bertz CT molecular complexity index is 515. The highest BCUT2D eigenvalue weighted by Crippen LogP contribution is 2.16. The van der Waals surface area contributed by atoms with Crippen LogP contribution in [0.2, 0.25) is 0 Å².